The molecule has 0 amide bonds. The number of aromatic nitrogens is 2. The van der Waals surface area contributed by atoms with Gasteiger partial charge in [0.2, 0.25) is 0 Å². The van der Waals surface area contributed by atoms with Gasteiger partial charge in [-0.2, -0.15) is 9.78 Å². The standard InChI is InChI=1S/C30H29BrN4O5/c1-2-39-27-16-22(25(31)17-28(27)40-19-20-12-14-23(15-13-20)35(37)38)18-32-34-29(21-8-4-3-5-9-21)33-26-11-7-6-10-24(26)30(34)36/h6-7,10-18,21H,2-5,8-9,19H2,1H3. The molecule has 0 N–H and O–H groups in total. The molecule has 206 valence electrons. The Balaban J connectivity index is 1.46. The summed E-state index contributed by atoms with van der Waals surface area (Å²) in [6, 6.07) is 17.2. The number of nitrogens with zero attached hydrogens (tertiary/aromatic N) is 4. The molecule has 0 saturated heterocycles. The molecule has 0 atom stereocenters. The maximum Gasteiger partial charge on any atom is 0.282 e. The molecule has 0 unspecified atom stereocenters. The van der Waals surface area contributed by atoms with E-state index in [4.69, 9.17) is 14.5 Å². The summed E-state index contributed by atoms with van der Waals surface area (Å²) < 4.78 is 14.0. The quantitative estimate of drug-likeness (QED) is 0.116. The SMILES string of the molecule is CCOc1cc(C=Nn2c(C3CCCCC3)nc3ccccc3c2=O)c(Br)cc1OCc1ccc([N+](=O)[O-])cc1. The molecule has 10 heteroatoms. The number of ether oxygens (including phenoxy) is 2. The predicted octanol–water partition coefficient (Wildman–Crippen LogP) is 6.97. The topological polar surface area (TPSA) is 109 Å². The Kier molecular flexibility index (Phi) is 8.54. The first-order valence-corrected chi connectivity index (χ1v) is 14.1. The van der Waals surface area contributed by atoms with E-state index in [1.807, 2.05) is 31.2 Å². The van der Waals surface area contributed by atoms with Gasteiger partial charge < -0.3 is 9.47 Å². The van der Waals surface area contributed by atoms with Gasteiger partial charge >= 0.3 is 0 Å². The Morgan fingerprint density at radius 3 is 2.52 bits per heavy atom. The lowest BCUT2D eigenvalue weighted by atomic mass is 9.88. The lowest BCUT2D eigenvalue weighted by molar-refractivity contribution is -0.384. The molecule has 1 heterocycles. The third-order valence-electron chi connectivity index (χ3n) is 6.97. The van der Waals surface area contributed by atoms with Crippen molar-refractivity contribution >= 4 is 38.7 Å². The molecule has 0 radical (unpaired) electrons. The molecule has 5 rings (SSSR count). The third kappa shape index (κ3) is 6.07. The van der Waals surface area contributed by atoms with E-state index in [1.165, 1.54) is 23.2 Å². The molecule has 0 aliphatic heterocycles. The van der Waals surface area contributed by atoms with Crippen LogP contribution in [-0.4, -0.2) is 27.4 Å². The van der Waals surface area contributed by atoms with Crippen LogP contribution in [0.3, 0.4) is 0 Å². The molecule has 1 aromatic heterocycles. The molecule has 0 spiro atoms. The number of hydrogen-bond acceptors (Lipinski definition) is 7. The minimum Gasteiger partial charge on any atom is -0.490 e. The number of hydrogen-bond donors (Lipinski definition) is 0. The van der Waals surface area contributed by atoms with Gasteiger partial charge in [0, 0.05) is 28.1 Å². The van der Waals surface area contributed by atoms with Crippen LogP contribution < -0.4 is 15.0 Å². The second kappa shape index (κ2) is 12.4. The van der Waals surface area contributed by atoms with Crippen LogP contribution >= 0.6 is 15.9 Å². The van der Waals surface area contributed by atoms with Crippen molar-refractivity contribution in [2.24, 2.45) is 5.10 Å². The number of rotatable bonds is 9. The van der Waals surface area contributed by atoms with Gasteiger partial charge in [0.05, 0.1) is 28.6 Å². The molecule has 40 heavy (non-hydrogen) atoms. The van der Waals surface area contributed by atoms with Crippen molar-refractivity contribution in [1.29, 1.82) is 0 Å². The van der Waals surface area contributed by atoms with Crippen molar-refractivity contribution in [2.75, 3.05) is 6.61 Å². The van der Waals surface area contributed by atoms with E-state index in [9.17, 15) is 14.9 Å². The normalized spacial score (nSPS) is 14.1. The number of nitro groups is 1. The zero-order chi connectivity index (χ0) is 28.1. The summed E-state index contributed by atoms with van der Waals surface area (Å²) in [5, 5.41) is 16.1. The zero-order valence-electron chi connectivity index (χ0n) is 22.1. The highest BCUT2D eigenvalue weighted by molar-refractivity contribution is 9.10. The van der Waals surface area contributed by atoms with Crippen LogP contribution in [0.5, 0.6) is 11.5 Å². The smallest absolute Gasteiger partial charge is 0.282 e. The predicted molar refractivity (Wildman–Crippen MR) is 158 cm³/mol. The Morgan fingerprint density at radius 1 is 1.07 bits per heavy atom. The van der Waals surface area contributed by atoms with Crippen molar-refractivity contribution in [2.45, 2.75) is 51.6 Å². The van der Waals surface area contributed by atoms with Gasteiger partial charge in [-0.25, -0.2) is 4.98 Å². The van der Waals surface area contributed by atoms with Gasteiger partial charge in [-0.05, 0) is 77.7 Å². The first-order chi connectivity index (χ1) is 19.4. The summed E-state index contributed by atoms with van der Waals surface area (Å²) in [7, 11) is 0. The molecule has 3 aromatic carbocycles. The Labute approximate surface area is 239 Å². The maximum absolute atomic E-state index is 13.5. The average Bonchev–Trinajstić information content (AvgIpc) is 2.98. The van der Waals surface area contributed by atoms with Gasteiger partial charge in [0.25, 0.3) is 11.2 Å². The van der Waals surface area contributed by atoms with Gasteiger partial charge in [0.15, 0.2) is 11.5 Å². The minimum atomic E-state index is -0.435. The van der Waals surface area contributed by atoms with Crippen LogP contribution in [0.15, 0.2) is 75.0 Å². The van der Waals surface area contributed by atoms with Gasteiger partial charge in [-0.15, -0.1) is 0 Å². The van der Waals surface area contributed by atoms with Crippen molar-refractivity contribution in [3.8, 4) is 11.5 Å². The minimum absolute atomic E-state index is 0.0255. The maximum atomic E-state index is 13.5. The summed E-state index contributed by atoms with van der Waals surface area (Å²) in [6.07, 6.45) is 7.03. The largest absolute Gasteiger partial charge is 0.490 e. The summed E-state index contributed by atoms with van der Waals surface area (Å²) >= 11 is 3.61. The lowest BCUT2D eigenvalue weighted by Crippen LogP contribution is -2.25. The number of para-hydroxylation sites is 1. The molecule has 1 aliphatic rings. The summed E-state index contributed by atoms with van der Waals surface area (Å²) in [5.74, 6) is 1.91. The fraction of sp³-hybridized carbons (Fsp3) is 0.300. The van der Waals surface area contributed by atoms with E-state index in [1.54, 1.807) is 30.5 Å². The number of halogens is 1. The van der Waals surface area contributed by atoms with Crippen LogP contribution in [0.2, 0.25) is 0 Å². The molecule has 9 nitrogen and oxygen atoms in total. The highest BCUT2D eigenvalue weighted by atomic mass is 79.9. The highest BCUT2D eigenvalue weighted by Crippen LogP contribution is 2.35. The van der Waals surface area contributed by atoms with E-state index in [0.717, 1.165) is 31.2 Å². The lowest BCUT2D eigenvalue weighted by Gasteiger charge is -2.22. The number of fused-ring (bicyclic) bond motifs is 1. The van der Waals surface area contributed by atoms with Crippen molar-refractivity contribution in [3.63, 3.8) is 0 Å². The summed E-state index contributed by atoms with van der Waals surface area (Å²) in [5.41, 5.74) is 2.02. The molecular weight excluding hydrogens is 576 g/mol. The van der Waals surface area contributed by atoms with E-state index < -0.39 is 4.92 Å². The summed E-state index contributed by atoms with van der Waals surface area (Å²) in [4.78, 5) is 28.9. The van der Waals surface area contributed by atoms with E-state index in [0.29, 0.717) is 44.9 Å². The van der Waals surface area contributed by atoms with Crippen molar-refractivity contribution in [1.82, 2.24) is 9.66 Å². The Bertz CT molecular complexity index is 1610. The molecule has 1 saturated carbocycles. The number of non-ortho nitro benzene ring substituents is 1. The second-order valence-electron chi connectivity index (χ2n) is 9.65. The van der Waals surface area contributed by atoms with Gasteiger partial charge in [-0.1, -0.05) is 31.4 Å². The molecule has 4 aromatic rings. The number of benzene rings is 3. The Morgan fingerprint density at radius 2 is 1.80 bits per heavy atom. The Hall–Kier alpha value is -4.05. The molecule has 1 aliphatic carbocycles. The molecular formula is C30H29BrN4O5. The average molecular weight is 605 g/mol. The van der Waals surface area contributed by atoms with Gasteiger partial charge in [-0.3, -0.25) is 14.9 Å². The van der Waals surface area contributed by atoms with Crippen LogP contribution in [0, 0.1) is 10.1 Å². The van der Waals surface area contributed by atoms with E-state index in [2.05, 4.69) is 21.0 Å². The monoisotopic (exact) mass is 604 g/mol. The van der Waals surface area contributed by atoms with Crippen LogP contribution in [0.1, 0.15) is 61.9 Å². The molecule has 0 bridgehead atoms. The third-order valence-corrected chi connectivity index (χ3v) is 7.65. The fourth-order valence-corrected chi connectivity index (χ4v) is 5.33. The van der Waals surface area contributed by atoms with Crippen LogP contribution in [-0.2, 0) is 6.61 Å². The zero-order valence-corrected chi connectivity index (χ0v) is 23.7. The fourth-order valence-electron chi connectivity index (χ4n) is 4.90. The van der Waals surface area contributed by atoms with Crippen LogP contribution in [0.25, 0.3) is 10.9 Å². The van der Waals surface area contributed by atoms with Crippen molar-refractivity contribution in [3.05, 3.63) is 103 Å². The summed E-state index contributed by atoms with van der Waals surface area (Å²) in [6.45, 7) is 2.51. The first kappa shape index (κ1) is 27.5. The van der Waals surface area contributed by atoms with E-state index in [-0.39, 0.29) is 23.8 Å². The number of nitro benzene ring substituents is 1. The van der Waals surface area contributed by atoms with E-state index >= 15 is 0 Å². The first-order valence-electron chi connectivity index (χ1n) is 13.3. The second-order valence-corrected chi connectivity index (χ2v) is 10.5. The molecule has 1 fully saturated rings. The van der Waals surface area contributed by atoms with Gasteiger partial charge in [0.1, 0.15) is 12.4 Å². The highest BCUT2D eigenvalue weighted by Gasteiger charge is 2.22. The van der Waals surface area contributed by atoms with Crippen LogP contribution in [0.4, 0.5) is 5.69 Å². The van der Waals surface area contributed by atoms with Crippen molar-refractivity contribution < 1.29 is 14.4 Å².